The number of rotatable bonds is 5. The lowest BCUT2D eigenvalue weighted by Gasteiger charge is -2.39. The first-order valence-electron chi connectivity index (χ1n) is 18.2. The molecular weight excluding hydrogens is 673 g/mol. The molecule has 10 nitrogen and oxygen atoms in total. The van der Waals surface area contributed by atoms with Crippen molar-refractivity contribution in [2.24, 2.45) is 16.7 Å². The van der Waals surface area contributed by atoms with Gasteiger partial charge in [-0.25, -0.2) is 18.1 Å². The van der Waals surface area contributed by atoms with E-state index in [-0.39, 0.29) is 46.8 Å². The second-order valence-corrected chi connectivity index (χ2v) is 18.3. The van der Waals surface area contributed by atoms with Crippen molar-refractivity contribution < 1.29 is 17.9 Å². The van der Waals surface area contributed by atoms with E-state index in [0.717, 1.165) is 54.0 Å². The number of anilines is 2. The van der Waals surface area contributed by atoms with Crippen LogP contribution in [0.4, 0.5) is 11.6 Å². The average Bonchev–Trinajstić information content (AvgIpc) is 3.08. The summed E-state index contributed by atoms with van der Waals surface area (Å²) in [4.78, 5) is 32.6. The number of carbonyl (C=O) groups is 1. The van der Waals surface area contributed by atoms with Gasteiger partial charge in [-0.15, -0.1) is 0 Å². The molecule has 0 radical (unpaired) electrons. The average molecular weight is 725 g/mol. The lowest BCUT2D eigenvalue weighted by molar-refractivity contribution is 0.0509. The van der Waals surface area contributed by atoms with Crippen LogP contribution < -0.4 is 14.4 Å². The van der Waals surface area contributed by atoms with Gasteiger partial charge in [0.2, 0.25) is 11.8 Å². The zero-order valence-electron chi connectivity index (χ0n) is 31.7. The first-order chi connectivity index (χ1) is 24.5. The maximum Gasteiger partial charge on any atom is 0.264 e. The molecule has 11 heteroatoms. The van der Waals surface area contributed by atoms with Gasteiger partial charge in [0.15, 0.2) is 0 Å². The van der Waals surface area contributed by atoms with Crippen molar-refractivity contribution in [2.45, 2.75) is 92.1 Å². The largest absolute Gasteiger partial charge is 0.475 e. The normalized spacial score (nSPS) is 18.5. The Balaban J connectivity index is 1.38. The molecule has 1 atom stereocenters. The van der Waals surface area contributed by atoms with Crippen molar-refractivity contribution in [3.63, 3.8) is 0 Å². The van der Waals surface area contributed by atoms with Gasteiger partial charge in [0, 0.05) is 30.3 Å². The fraction of sp³-hybridized carbons (Fsp3) is 0.463. The maximum absolute atomic E-state index is 14.5. The monoisotopic (exact) mass is 724 g/mol. The van der Waals surface area contributed by atoms with Crippen LogP contribution in [-0.2, 0) is 16.6 Å². The zero-order chi connectivity index (χ0) is 37.4. The molecule has 4 heterocycles. The van der Waals surface area contributed by atoms with E-state index < -0.39 is 16.1 Å². The van der Waals surface area contributed by atoms with Crippen LogP contribution in [-0.4, -0.2) is 59.9 Å². The summed E-state index contributed by atoms with van der Waals surface area (Å²) < 4.78 is 36.5. The Morgan fingerprint density at radius 2 is 1.60 bits per heavy atom. The number of carbonyl (C=O) groups excluding carboxylic acids is 1. The highest BCUT2D eigenvalue weighted by Crippen LogP contribution is 2.36. The first-order valence-corrected chi connectivity index (χ1v) is 19.7. The number of pyridine rings is 1. The molecule has 0 unspecified atom stereocenters. The predicted molar refractivity (Wildman–Crippen MR) is 206 cm³/mol. The SMILES string of the molecule is Cc1cccc(C)c1-c1cc2nc(n1)NS(=O)(=O)c1cccc(c1)C(=O)N(Cc1ccc(N3CCC(C(C)(C)C)CC3)cn1)[C@H](CC(C)(C)C)CO2. The van der Waals surface area contributed by atoms with E-state index >= 15 is 0 Å². The van der Waals surface area contributed by atoms with Gasteiger partial charge in [-0.1, -0.05) is 65.8 Å². The number of piperidine rings is 1. The van der Waals surface area contributed by atoms with E-state index in [9.17, 15) is 13.2 Å². The molecule has 276 valence electrons. The Morgan fingerprint density at radius 3 is 2.23 bits per heavy atom. The summed E-state index contributed by atoms with van der Waals surface area (Å²) in [7, 11) is -4.17. The van der Waals surface area contributed by atoms with Crippen LogP contribution in [0.1, 0.15) is 88.0 Å². The van der Waals surface area contributed by atoms with Crippen LogP contribution in [0, 0.1) is 30.6 Å². The third kappa shape index (κ3) is 8.57. The molecule has 52 heavy (non-hydrogen) atoms. The van der Waals surface area contributed by atoms with E-state index in [4.69, 9.17) is 9.72 Å². The minimum Gasteiger partial charge on any atom is -0.475 e. The number of amides is 1. The Labute approximate surface area is 309 Å². The van der Waals surface area contributed by atoms with E-state index in [0.29, 0.717) is 23.4 Å². The molecule has 6 rings (SSSR count). The lowest BCUT2D eigenvalue weighted by atomic mass is 9.75. The molecule has 1 fully saturated rings. The summed E-state index contributed by atoms with van der Waals surface area (Å²) in [5.74, 6) is 0.486. The van der Waals surface area contributed by atoms with E-state index in [1.54, 1.807) is 23.1 Å². The molecule has 1 saturated heterocycles. The molecule has 0 saturated carbocycles. The second kappa shape index (κ2) is 14.5. The maximum atomic E-state index is 14.5. The summed E-state index contributed by atoms with van der Waals surface area (Å²) in [6, 6.07) is 17.5. The highest BCUT2D eigenvalue weighted by atomic mass is 32.2. The van der Waals surface area contributed by atoms with Gasteiger partial charge in [-0.05, 0) is 91.3 Å². The van der Waals surface area contributed by atoms with Crippen LogP contribution in [0.3, 0.4) is 0 Å². The number of hydrogen-bond acceptors (Lipinski definition) is 8. The molecule has 1 amide bonds. The Morgan fingerprint density at radius 1 is 0.904 bits per heavy atom. The fourth-order valence-electron chi connectivity index (χ4n) is 7.42. The molecule has 0 aliphatic carbocycles. The molecule has 2 aliphatic rings. The minimum atomic E-state index is -4.17. The molecular formula is C41H52N6O4S. The topological polar surface area (TPSA) is 118 Å². The van der Waals surface area contributed by atoms with Gasteiger partial charge < -0.3 is 14.5 Å². The van der Waals surface area contributed by atoms with Crippen molar-refractivity contribution in [2.75, 3.05) is 29.3 Å². The second-order valence-electron chi connectivity index (χ2n) is 16.6. The van der Waals surface area contributed by atoms with E-state index in [1.165, 1.54) is 12.1 Å². The third-order valence-corrected chi connectivity index (χ3v) is 11.6. The summed E-state index contributed by atoms with van der Waals surface area (Å²) in [6.07, 6.45) is 4.80. The third-order valence-electron chi connectivity index (χ3n) is 10.3. The van der Waals surface area contributed by atoms with Gasteiger partial charge >= 0.3 is 0 Å². The van der Waals surface area contributed by atoms with Crippen molar-refractivity contribution in [3.05, 3.63) is 89.2 Å². The van der Waals surface area contributed by atoms with Gasteiger partial charge in [0.1, 0.15) is 6.61 Å². The molecule has 4 bridgehead atoms. The predicted octanol–water partition coefficient (Wildman–Crippen LogP) is 8.06. The highest BCUT2D eigenvalue weighted by molar-refractivity contribution is 7.92. The Kier molecular flexibility index (Phi) is 10.4. The first kappa shape index (κ1) is 37.3. The number of sulfonamides is 1. The molecule has 0 spiro atoms. The quantitative estimate of drug-likeness (QED) is 0.220. The van der Waals surface area contributed by atoms with Crippen LogP contribution in [0.5, 0.6) is 5.88 Å². The highest BCUT2D eigenvalue weighted by Gasteiger charge is 2.33. The zero-order valence-corrected chi connectivity index (χ0v) is 32.5. The number of nitrogens with zero attached hydrogens (tertiary/aromatic N) is 5. The summed E-state index contributed by atoms with van der Waals surface area (Å²) in [6.45, 7) is 19.6. The van der Waals surface area contributed by atoms with Gasteiger partial charge in [-0.3, -0.25) is 9.78 Å². The minimum absolute atomic E-state index is 0.0637. The number of ether oxygens (including phenoxy) is 1. The van der Waals surface area contributed by atoms with Crippen LogP contribution in [0.25, 0.3) is 11.3 Å². The molecule has 1 N–H and O–H groups in total. The number of aryl methyl sites for hydroxylation is 2. The molecule has 4 aromatic rings. The Bertz CT molecular complexity index is 2010. The van der Waals surface area contributed by atoms with E-state index in [2.05, 4.69) is 67.2 Å². The van der Waals surface area contributed by atoms with Crippen molar-refractivity contribution in [1.82, 2.24) is 19.9 Å². The Hall–Kier alpha value is -4.51. The number of fused-ring (bicyclic) bond motifs is 4. The van der Waals surface area contributed by atoms with Gasteiger partial charge in [0.25, 0.3) is 15.9 Å². The van der Waals surface area contributed by atoms with Crippen LogP contribution in [0.2, 0.25) is 0 Å². The van der Waals surface area contributed by atoms with E-state index in [1.807, 2.05) is 44.3 Å². The summed E-state index contributed by atoms with van der Waals surface area (Å²) in [5.41, 5.74) is 5.56. The summed E-state index contributed by atoms with van der Waals surface area (Å²) >= 11 is 0. The molecule has 2 aromatic heterocycles. The standard InChI is InChI=1S/C41H52N6O4S/c1-27-11-9-12-28(2)37(27)35-22-36-44-39(43-35)45-52(49,50)34-14-10-13-29(21-34)38(48)47(33(26-51-36)23-40(3,4)5)25-31-15-16-32(24-42-31)46-19-17-30(18-20-46)41(6,7)8/h9-16,21-22,24,30,33H,17-20,23,25-26H2,1-8H3,(H,43,44,45)/t33-/m1/s1. The van der Waals surface area contributed by atoms with Crippen molar-refractivity contribution in [1.29, 1.82) is 0 Å². The number of hydrogen-bond donors (Lipinski definition) is 1. The number of benzene rings is 2. The summed E-state index contributed by atoms with van der Waals surface area (Å²) in [5, 5.41) is 0. The lowest BCUT2D eigenvalue weighted by Crippen LogP contribution is -2.45. The number of nitrogens with one attached hydrogen (secondary N) is 1. The van der Waals surface area contributed by atoms with Crippen LogP contribution >= 0.6 is 0 Å². The smallest absolute Gasteiger partial charge is 0.264 e. The van der Waals surface area contributed by atoms with Crippen molar-refractivity contribution in [3.8, 4) is 17.1 Å². The number of aromatic nitrogens is 3. The van der Waals surface area contributed by atoms with Crippen LogP contribution in [0.15, 0.2) is 71.8 Å². The van der Waals surface area contributed by atoms with Gasteiger partial charge in [-0.2, -0.15) is 4.98 Å². The van der Waals surface area contributed by atoms with Crippen molar-refractivity contribution >= 4 is 27.6 Å². The molecule has 2 aromatic carbocycles. The molecule has 2 aliphatic heterocycles. The fourth-order valence-corrected chi connectivity index (χ4v) is 8.41. The van der Waals surface area contributed by atoms with Gasteiger partial charge in [0.05, 0.1) is 40.8 Å².